The second-order valence-electron chi connectivity index (χ2n) is 2.02. The predicted molar refractivity (Wildman–Crippen MR) is 49.7 cm³/mol. The van der Waals surface area contributed by atoms with Crippen LogP contribution in [0, 0.1) is 0 Å². The summed E-state index contributed by atoms with van der Waals surface area (Å²) < 4.78 is 10.1. The molecule has 0 N–H and O–H groups in total. The van der Waals surface area contributed by atoms with E-state index in [0.717, 1.165) is 12.8 Å². The van der Waals surface area contributed by atoms with Gasteiger partial charge in [-0.2, -0.15) is 0 Å². The van der Waals surface area contributed by atoms with Crippen LogP contribution in [0.5, 0.6) is 0 Å². The SMILES string of the molecule is ClCCCOBOCCCCl. The summed E-state index contributed by atoms with van der Waals surface area (Å²) in [6, 6.07) is 0. The molecule has 0 atom stereocenters. The number of hydrogen-bond acceptors (Lipinski definition) is 2. The van der Waals surface area contributed by atoms with Crippen LogP contribution in [0.4, 0.5) is 0 Å². The van der Waals surface area contributed by atoms with E-state index in [-0.39, 0.29) is 0 Å². The molecule has 0 rings (SSSR count). The first-order chi connectivity index (χ1) is 5.41. The number of hydrogen-bond donors (Lipinski definition) is 0. The molecule has 5 heteroatoms. The Morgan fingerprint density at radius 1 is 0.909 bits per heavy atom. The average molecular weight is 199 g/mol. The topological polar surface area (TPSA) is 18.5 Å². The molecule has 2 nitrogen and oxygen atoms in total. The summed E-state index contributed by atoms with van der Waals surface area (Å²) in [7, 11) is 0.355. The molecular formula is C6H13BCl2O2. The van der Waals surface area contributed by atoms with E-state index in [1.54, 1.807) is 0 Å². The van der Waals surface area contributed by atoms with Gasteiger partial charge < -0.3 is 9.31 Å². The van der Waals surface area contributed by atoms with Crippen molar-refractivity contribution in [2.75, 3.05) is 25.0 Å². The zero-order valence-corrected chi connectivity index (χ0v) is 8.03. The largest absolute Gasteiger partial charge is 0.438 e. The van der Waals surface area contributed by atoms with Gasteiger partial charge in [-0.3, -0.25) is 0 Å². The van der Waals surface area contributed by atoms with E-state index in [0.29, 0.717) is 32.7 Å². The molecule has 0 fully saturated rings. The summed E-state index contributed by atoms with van der Waals surface area (Å²) in [6.07, 6.45) is 1.75. The minimum absolute atomic E-state index is 0.355. The van der Waals surface area contributed by atoms with Gasteiger partial charge in [-0.05, 0) is 12.8 Å². The highest BCUT2D eigenvalue weighted by molar-refractivity contribution is 6.18. The lowest BCUT2D eigenvalue weighted by Gasteiger charge is -2.01. The van der Waals surface area contributed by atoms with E-state index in [9.17, 15) is 0 Å². The maximum Gasteiger partial charge on any atom is 0.438 e. The molecular weight excluding hydrogens is 186 g/mol. The van der Waals surface area contributed by atoms with Crippen molar-refractivity contribution >= 4 is 30.9 Å². The molecule has 0 unspecified atom stereocenters. The van der Waals surface area contributed by atoms with Gasteiger partial charge in [0.15, 0.2) is 0 Å². The molecule has 0 saturated heterocycles. The molecule has 11 heavy (non-hydrogen) atoms. The van der Waals surface area contributed by atoms with E-state index in [2.05, 4.69) is 0 Å². The van der Waals surface area contributed by atoms with Crippen molar-refractivity contribution in [3.63, 3.8) is 0 Å². The van der Waals surface area contributed by atoms with Crippen LogP contribution in [0.25, 0.3) is 0 Å². The first kappa shape index (κ1) is 11.6. The van der Waals surface area contributed by atoms with Gasteiger partial charge in [-0.15, -0.1) is 23.2 Å². The van der Waals surface area contributed by atoms with Gasteiger partial charge in [0.25, 0.3) is 0 Å². The van der Waals surface area contributed by atoms with Crippen LogP contribution in [0.3, 0.4) is 0 Å². The molecule has 0 radical (unpaired) electrons. The van der Waals surface area contributed by atoms with Gasteiger partial charge in [0.05, 0.1) is 0 Å². The lowest BCUT2D eigenvalue weighted by molar-refractivity contribution is 0.222. The Balaban J connectivity index is 2.69. The standard InChI is InChI=1S/C6H13BCl2O2/c8-3-1-5-10-7-11-6-2-4-9/h7H,1-6H2. The summed E-state index contributed by atoms with van der Waals surface area (Å²) in [4.78, 5) is 0. The zero-order chi connectivity index (χ0) is 8.36. The van der Waals surface area contributed by atoms with Crippen molar-refractivity contribution in [3.05, 3.63) is 0 Å². The summed E-state index contributed by atoms with van der Waals surface area (Å²) in [6.45, 7) is 1.34. The number of rotatable bonds is 8. The number of alkyl halides is 2. The molecule has 0 heterocycles. The first-order valence-corrected chi connectivity index (χ1v) is 4.76. The molecule has 0 spiro atoms. The van der Waals surface area contributed by atoms with Gasteiger partial charge in [0, 0.05) is 25.0 Å². The van der Waals surface area contributed by atoms with E-state index in [1.165, 1.54) is 0 Å². The highest BCUT2D eigenvalue weighted by atomic mass is 35.5. The smallest absolute Gasteiger partial charge is 0.414 e. The van der Waals surface area contributed by atoms with Crippen LogP contribution < -0.4 is 0 Å². The van der Waals surface area contributed by atoms with E-state index < -0.39 is 0 Å². The maximum atomic E-state index is 5.43. The second kappa shape index (κ2) is 10.6. The Bertz CT molecular complexity index is 67.6. The molecule has 0 saturated carbocycles. The Kier molecular flexibility index (Phi) is 11.1. The van der Waals surface area contributed by atoms with Crippen molar-refractivity contribution in [3.8, 4) is 0 Å². The van der Waals surface area contributed by atoms with E-state index in [4.69, 9.17) is 32.5 Å². The molecule has 66 valence electrons. The van der Waals surface area contributed by atoms with Crippen molar-refractivity contribution in [1.82, 2.24) is 0 Å². The molecule has 0 aliphatic carbocycles. The zero-order valence-electron chi connectivity index (χ0n) is 6.52. The van der Waals surface area contributed by atoms with Gasteiger partial charge in [0.1, 0.15) is 0 Å². The first-order valence-electron chi connectivity index (χ1n) is 3.69. The van der Waals surface area contributed by atoms with Crippen molar-refractivity contribution in [2.45, 2.75) is 12.8 Å². The van der Waals surface area contributed by atoms with E-state index >= 15 is 0 Å². The lowest BCUT2D eigenvalue weighted by Crippen LogP contribution is -2.07. The summed E-state index contributed by atoms with van der Waals surface area (Å²) in [5, 5.41) is 0. The molecule has 0 aromatic heterocycles. The Labute approximate surface area is 78.5 Å². The van der Waals surface area contributed by atoms with Crippen LogP contribution in [0.1, 0.15) is 12.8 Å². The van der Waals surface area contributed by atoms with Gasteiger partial charge in [-0.1, -0.05) is 0 Å². The maximum absolute atomic E-state index is 5.43. The van der Waals surface area contributed by atoms with Crippen LogP contribution in [-0.4, -0.2) is 32.7 Å². The minimum atomic E-state index is 0.355. The predicted octanol–water partition coefficient (Wildman–Crippen LogP) is 1.54. The Hall–Kier alpha value is 0.565. The normalized spacial score (nSPS) is 10.0. The Morgan fingerprint density at radius 2 is 1.36 bits per heavy atom. The summed E-state index contributed by atoms with van der Waals surface area (Å²) in [5.74, 6) is 1.28. The van der Waals surface area contributed by atoms with Gasteiger partial charge in [-0.25, -0.2) is 0 Å². The molecule has 0 aliphatic heterocycles. The highest BCUT2D eigenvalue weighted by Crippen LogP contribution is 1.87. The molecule has 0 bridgehead atoms. The highest BCUT2D eigenvalue weighted by Gasteiger charge is 1.91. The molecule has 0 aliphatic rings. The fourth-order valence-electron chi connectivity index (χ4n) is 0.490. The van der Waals surface area contributed by atoms with Gasteiger partial charge >= 0.3 is 7.69 Å². The van der Waals surface area contributed by atoms with Gasteiger partial charge in [0.2, 0.25) is 0 Å². The van der Waals surface area contributed by atoms with Crippen molar-refractivity contribution in [1.29, 1.82) is 0 Å². The lowest BCUT2D eigenvalue weighted by atomic mass is 10.3. The average Bonchev–Trinajstić information content (AvgIpc) is 2.03. The van der Waals surface area contributed by atoms with Crippen LogP contribution >= 0.6 is 23.2 Å². The minimum Gasteiger partial charge on any atom is -0.414 e. The monoisotopic (exact) mass is 198 g/mol. The fourth-order valence-corrected chi connectivity index (χ4v) is 0.708. The quantitative estimate of drug-likeness (QED) is 0.335. The molecule has 0 aromatic rings. The van der Waals surface area contributed by atoms with Crippen LogP contribution in [-0.2, 0) is 9.31 Å². The van der Waals surface area contributed by atoms with Crippen molar-refractivity contribution < 1.29 is 9.31 Å². The van der Waals surface area contributed by atoms with Crippen LogP contribution in [0.2, 0.25) is 0 Å². The molecule has 0 aromatic carbocycles. The number of halogens is 2. The summed E-state index contributed by atoms with van der Waals surface area (Å²) in [5.41, 5.74) is 0. The fraction of sp³-hybridized carbons (Fsp3) is 1.00. The third-order valence-electron chi connectivity index (χ3n) is 1.01. The Morgan fingerprint density at radius 3 is 1.73 bits per heavy atom. The third-order valence-corrected chi connectivity index (χ3v) is 1.55. The summed E-state index contributed by atoms with van der Waals surface area (Å²) >= 11 is 10.9. The molecule has 0 amide bonds. The second-order valence-corrected chi connectivity index (χ2v) is 2.78. The van der Waals surface area contributed by atoms with Crippen LogP contribution in [0.15, 0.2) is 0 Å². The third kappa shape index (κ3) is 10.6. The van der Waals surface area contributed by atoms with E-state index in [1.807, 2.05) is 0 Å². The van der Waals surface area contributed by atoms with Crippen molar-refractivity contribution in [2.24, 2.45) is 0 Å².